The Morgan fingerprint density at radius 2 is 1.89 bits per heavy atom. The van der Waals surface area contributed by atoms with E-state index in [0.717, 1.165) is 37.8 Å². The van der Waals surface area contributed by atoms with Crippen LogP contribution >= 0.6 is 0 Å². The first kappa shape index (κ1) is 27.9. The number of amidine groups is 1. The van der Waals surface area contributed by atoms with E-state index in [1.54, 1.807) is 11.8 Å². The molecule has 3 aliphatic rings. The van der Waals surface area contributed by atoms with Gasteiger partial charge in [-0.05, 0) is 63.5 Å². The summed E-state index contributed by atoms with van der Waals surface area (Å²) < 4.78 is 27.5. The van der Waals surface area contributed by atoms with Crippen LogP contribution in [-0.4, -0.2) is 65.4 Å². The Hall–Kier alpha value is -3.17. The quantitative estimate of drug-likeness (QED) is 0.513. The molecule has 5 atom stereocenters. The maximum absolute atomic E-state index is 14.2. The third-order valence-corrected chi connectivity index (χ3v) is 7.80. The summed E-state index contributed by atoms with van der Waals surface area (Å²) in [4.78, 5) is 49.9. The fourth-order valence-corrected chi connectivity index (χ4v) is 5.35. The number of aliphatic imine (C=N–C) groups is 2. The first-order chi connectivity index (χ1) is 18.0. The molecule has 206 valence electrons. The van der Waals surface area contributed by atoms with Gasteiger partial charge in [0.25, 0.3) is 0 Å². The Bertz CT molecular complexity index is 1150. The van der Waals surface area contributed by atoms with E-state index in [1.165, 1.54) is 6.07 Å². The first-order valence-corrected chi connectivity index (χ1v) is 13.5. The molecule has 4 rings (SSSR count). The lowest BCUT2D eigenvalue weighted by atomic mass is 10.0. The SMILES string of the molecule is CC(C)C1CC1C(=O)N[C@@H](CC(=O)N1CCCC[C@@H]1C)C(=O)N[C@@H](C)C1=NCC(c2ccc(F)cc2F)=N1. The molecule has 2 aliphatic heterocycles. The van der Waals surface area contributed by atoms with Crippen LogP contribution in [-0.2, 0) is 14.4 Å². The lowest BCUT2D eigenvalue weighted by Crippen LogP contribution is -2.53. The van der Waals surface area contributed by atoms with Crippen molar-refractivity contribution in [2.24, 2.45) is 27.7 Å². The molecule has 3 amide bonds. The van der Waals surface area contributed by atoms with Crippen LogP contribution in [0.5, 0.6) is 0 Å². The molecule has 2 unspecified atom stereocenters. The van der Waals surface area contributed by atoms with Crippen molar-refractivity contribution in [3.63, 3.8) is 0 Å². The second-order valence-corrected chi connectivity index (χ2v) is 11.0. The second-order valence-electron chi connectivity index (χ2n) is 11.0. The standard InChI is InChI=1S/C28H37F2N5O3/c1-15(2)20-12-21(20)27(37)34-23(13-25(36)35-10-6-5-7-16(35)3)28(38)32-17(4)26-31-14-24(33-26)19-9-8-18(29)11-22(19)30/h8-9,11,15-17,20-21,23H,5-7,10,12-14H2,1-4H3,(H,32,38)(H,34,37)/t16-,17-,20?,21?,23-/m0/s1. The lowest BCUT2D eigenvalue weighted by molar-refractivity contribution is -0.138. The smallest absolute Gasteiger partial charge is 0.243 e. The number of carbonyl (C=O) groups is 3. The van der Waals surface area contributed by atoms with Crippen molar-refractivity contribution >= 4 is 29.3 Å². The van der Waals surface area contributed by atoms with Crippen molar-refractivity contribution in [2.75, 3.05) is 13.1 Å². The zero-order valence-corrected chi connectivity index (χ0v) is 22.5. The minimum atomic E-state index is -1.03. The van der Waals surface area contributed by atoms with E-state index in [9.17, 15) is 23.2 Å². The average molecular weight is 530 g/mol. The van der Waals surface area contributed by atoms with Crippen LogP contribution < -0.4 is 10.6 Å². The summed E-state index contributed by atoms with van der Waals surface area (Å²) in [5.74, 6) is -1.49. The van der Waals surface area contributed by atoms with Crippen LogP contribution in [0.2, 0.25) is 0 Å². The van der Waals surface area contributed by atoms with E-state index in [1.807, 2.05) is 6.92 Å². The van der Waals surface area contributed by atoms with Crippen LogP contribution in [0.3, 0.4) is 0 Å². The van der Waals surface area contributed by atoms with Crippen LogP contribution in [0.4, 0.5) is 8.78 Å². The third kappa shape index (κ3) is 6.45. The fourth-order valence-electron chi connectivity index (χ4n) is 5.35. The largest absolute Gasteiger partial charge is 0.345 e. The lowest BCUT2D eigenvalue weighted by Gasteiger charge is -2.34. The van der Waals surface area contributed by atoms with E-state index >= 15 is 0 Å². The fraction of sp³-hybridized carbons (Fsp3) is 0.607. The van der Waals surface area contributed by atoms with Gasteiger partial charge in [0.15, 0.2) is 0 Å². The van der Waals surface area contributed by atoms with Gasteiger partial charge in [-0.15, -0.1) is 0 Å². The number of amides is 3. The molecule has 2 heterocycles. The molecule has 1 aliphatic carbocycles. The highest BCUT2D eigenvalue weighted by Crippen LogP contribution is 2.44. The van der Waals surface area contributed by atoms with Crippen molar-refractivity contribution < 1.29 is 23.2 Å². The molecule has 8 nitrogen and oxygen atoms in total. The highest BCUT2D eigenvalue weighted by Gasteiger charge is 2.45. The number of hydrogen-bond donors (Lipinski definition) is 2. The molecule has 0 bridgehead atoms. The Morgan fingerprint density at radius 3 is 2.55 bits per heavy atom. The van der Waals surface area contributed by atoms with Crippen molar-refractivity contribution in [1.29, 1.82) is 0 Å². The van der Waals surface area contributed by atoms with Crippen molar-refractivity contribution in [3.05, 3.63) is 35.4 Å². The van der Waals surface area contributed by atoms with Crippen LogP contribution in [0.15, 0.2) is 28.2 Å². The van der Waals surface area contributed by atoms with Gasteiger partial charge >= 0.3 is 0 Å². The molecule has 2 N–H and O–H groups in total. The van der Waals surface area contributed by atoms with Crippen LogP contribution in [0.1, 0.15) is 65.4 Å². The first-order valence-electron chi connectivity index (χ1n) is 13.5. The number of nitrogens with zero attached hydrogens (tertiary/aromatic N) is 3. The summed E-state index contributed by atoms with van der Waals surface area (Å²) in [6.45, 7) is 8.57. The maximum atomic E-state index is 14.2. The molecule has 10 heteroatoms. The number of nitrogens with one attached hydrogen (secondary N) is 2. The normalized spacial score (nSPS) is 24.4. The van der Waals surface area contributed by atoms with Gasteiger partial charge in [-0.25, -0.2) is 13.8 Å². The molecule has 0 aromatic heterocycles. The number of rotatable bonds is 9. The molecule has 0 radical (unpaired) electrons. The molecule has 2 fully saturated rings. The van der Waals surface area contributed by atoms with Gasteiger partial charge in [0.05, 0.1) is 24.7 Å². The molecular weight excluding hydrogens is 492 g/mol. The number of halogens is 2. The Labute approximate surface area is 222 Å². The third-order valence-electron chi connectivity index (χ3n) is 7.80. The summed E-state index contributed by atoms with van der Waals surface area (Å²) in [5, 5.41) is 5.65. The molecule has 38 heavy (non-hydrogen) atoms. The predicted molar refractivity (Wildman–Crippen MR) is 141 cm³/mol. The zero-order valence-electron chi connectivity index (χ0n) is 22.5. The van der Waals surface area contributed by atoms with Gasteiger partial charge < -0.3 is 15.5 Å². The molecule has 1 aromatic carbocycles. The van der Waals surface area contributed by atoms with Gasteiger partial charge in [-0.3, -0.25) is 19.4 Å². The Kier molecular flexibility index (Phi) is 8.57. The molecule has 1 saturated carbocycles. The van der Waals surface area contributed by atoms with Crippen LogP contribution in [0.25, 0.3) is 0 Å². The van der Waals surface area contributed by atoms with Gasteiger partial charge in [0.1, 0.15) is 23.5 Å². The number of likely N-dealkylation sites (tertiary alicyclic amines) is 1. The number of carbonyl (C=O) groups excluding carboxylic acids is 3. The van der Waals surface area contributed by atoms with Crippen molar-refractivity contribution in [1.82, 2.24) is 15.5 Å². The number of benzene rings is 1. The summed E-state index contributed by atoms with van der Waals surface area (Å²) >= 11 is 0. The molecular formula is C28H37F2N5O3. The minimum absolute atomic E-state index is 0.0933. The minimum Gasteiger partial charge on any atom is -0.345 e. The highest BCUT2D eigenvalue weighted by atomic mass is 19.1. The summed E-state index contributed by atoms with van der Waals surface area (Å²) in [5.41, 5.74) is 0.491. The highest BCUT2D eigenvalue weighted by molar-refractivity contribution is 6.14. The Morgan fingerprint density at radius 1 is 1.13 bits per heavy atom. The van der Waals surface area contributed by atoms with Crippen molar-refractivity contribution in [2.45, 2.75) is 77.9 Å². The number of hydrogen-bond acceptors (Lipinski definition) is 5. The summed E-state index contributed by atoms with van der Waals surface area (Å²) in [6, 6.07) is 1.68. The molecule has 0 spiro atoms. The maximum Gasteiger partial charge on any atom is 0.243 e. The van der Waals surface area contributed by atoms with E-state index < -0.39 is 29.6 Å². The monoisotopic (exact) mass is 529 g/mol. The van der Waals surface area contributed by atoms with Crippen LogP contribution in [0, 0.1) is 29.4 Å². The zero-order chi connectivity index (χ0) is 27.6. The van der Waals surface area contributed by atoms with Gasteiger partial charge in [0.2, 0.25) is 17.7 Å². The molecule has 1 saturated heterocycles. The van der Waals surface area contributed by atoms with E-state index in [4.69, 9.17) is 0 Å². The summed E-state index contributed by atoms with van der Waals surface area (Å²) in [7, 11) is 0. The molecule has 1 aromatic rings. The summed E-state index contributed by atoms with van der Waals surface area (Å²) in [6.07, 6.45) is 3.55. The second kappa shape index (κ2) is 11.7. The predicted octanol–water partition coefficient (Wildman–Crippen LogP) is 3.24. The van der Waals surface area contributed by atoms with E-state index in [2.05, 4.69) is 34.5 Å². The van der Waals surface area contributed by atoms with Gasteiger partial charge in [-0.2, -0.15) is 0 Å². The average Bonchev–Trinajstić information content (AvgIpc) is 3.53. The van der Waals surface area contributed by atoms with Gasteiger partial charge in [-0.1, -0.05) is 13.8 Å². The van der Waals surface area contributed by atoms with Gasteiger partial charge in [0, 0.05) is 30.1 Å². The van der Waals surface area contributed by atoms with E-state index in [0.29, 0.717) is 24.0 Å². The number of piperidine rings is 1. The van der Waals surface area contributed by atoms with Crippen molar-refractivity contribution in [3.8, 4) is 0 Å². The topological polar surface area (TPSA) is 103 Å². The Balaban J connectivity index is 1.44. The van der Waals surface area contributed by atoms with E-state index in [-0.39, 0.29) is 48.2 Å².